The average Bonchev–Trinajstić information content (AvgIpc) is 2.10. The van der Waals surface area contributed by atoms with Gasteiger partial charge in [0.25, 0.3) is 0 Å². The Morgan fingerprint density at radius 1 is 1.64 bits per heavy atom. The van der Waals surface area contributed by atoms with Gasteiger partial charge >= 0.3 is 0 Å². The second-order valence-corrected chi connectivity index (χ2v) is 4.63. The van der Waals surface area contributed by atoms with Crippen molar-refractivity contribution in [3.05, 3.63) is 0 Å². The third kappa shape index (κ3) is 1.91. The summed E-state index contributed by atoms with van der Waals surface area (Å²) in [5.41, 5.74) is 5.49. The zero-order valence-corrected chi connectivity index (χ0v) is 9.33. The van der Waals surface area contributed by atoms with Crippen LogP contribution >= 0.6 is 0 Å². The third-order valence-electron chi connectivity index (χ3n) is 3.19. The van der Waals surface area contributed by atoms with Gasteiger partial charge in [-0.2, -0.15) is 0 Å². The lowest BCUT2D eigenvalue weighted by Gasteiger charge is -2.51. The smallest absolute Gasteiger partial charge is 0.236 e. The predicted octanol–water partition coefficient (Wildman–Crippen LogP) is 0.263. The van der Waals surface area contributed by atoms with Crippen molar-refractivity contribution in [2.45, 2.75) is 45.4 Å². The topological polar surface area (TPSA) is 64.3 Å². The molecule has 1 aliphatic rings. The molecule has 1 fully saturated rings. The minimum Gasteiger partial charge on any atom is -0.381 e. The van der Waals surface area contributed by atoms with Crippen molar-refractivity contribution in [2.24, 2.45) is 11.1 Å². The van der Waals surface area contributed by atoms with Gasteiger partial charge in [-0.1, -0.05) is 13.8 Å². The van der Waals surface area contributed by atoms with Gasteiger partial charge in [0.1, 0.15) is 0 Å². The van der Waals surface area contributed by atoms with E-state index in [1.165, 1.54) is 0 Å². The Kier molecular flexibility index (Phi) is 3.17. The van der Waals surface area contributed by atoms with Crippen molar-refractivity contribution < 1.29 is 9.53 Å². The molecule has 4 nitrogen and oxygen atoms in total. The van der Waals surface area contributed by atoms with Crippen LogP contribution in [0.3, 0.4) is 0 Å². The van der Waals surface area contributed by atoms with Crippen molar-refractivity contribution in [3.8, 4) is 0 Å². The molecule has 1 aliphatic carbocycles. The minimum absolute atomic E-state index is 0.0132. The summed E-state index contributed by atoms with van der Waals surface area (Å²) in [6.45, 7) is 5.88. The molecule has 1 saturated carbocycles. The molecule has 0 heterocycles. The van der Waals surface area contributed by atoms with Crippen molar-refractivity contribution in [1.29, 1.82) is 0 Å². The Morgan fingerprint density at radius 3 is 2.57 bits per heavy atom. The first-order chi connectivity index (χ1) is 6.39. The number of hydrogen-bond acceptors (Lipinski definition) is 3. The molecule has 0 aromatic heterocycles. The maximum Gasteiger partial charge on any atom is 0.236 e. The van der Waals surface area contributed by atoms with Crippen LogP contribution in [0.25, 0.3) is 0 Å². The summed E-state index contributed by atoms with van der Waals surface area (Å²) in [7, 11) is 1.70. The van der Waals surface area contributed by atoms with E-state index >= 15 is 0 Å². The molecule has 1 amide bonds. The molecular formula is C10H20N2O2. The first-order valence-electron chi connectivity index (χ1n) is 4.98. The molecule has 1 rings (SSSR count). The number of nitrogens with one attached hydrogen (secondary N) is 1. The fourth-order valence-electron chi connectivity index (χ4n) is 1.83. The molecule has 0 saturated heterocycles. The molecule has 0 aliphatic heterocycles. The van der Waals surface area contributed by atoms with Crippen molar-refractivity contribution in [2.75, 3.05) is 7.11 Å². The predicted molar refractivity (Wildman–Crippen MR) is 54.8 cm³/mol. The van der Waals surface area contributed by atoms with Gasteiger partial charge in [0.05, 0.1) is 12.1 Å². The number of carbonyl (C=O) groups excluding carboxylic acids is 1. The molecule has 4 heteroatoms. The molecule has 0 spiro atoms. The zero-order chi connectivity index (χ0) is 10.9. The van der Waals surface area contributed by atoms with Gasteiger partial charge in [-0.05, 0) is 13.3 Å². The van der Waals surface area contributed by atoms with Crippen LogP contribution in [0.5, 0.6) is 0 Å². The summed E-state index contributed by atoms with van der Waals surface area (Å²) in [4.78, 5) is 11.4. The second-order valence-electron chi connectivity index (χ2n) is 4.63. The first-order valence-corrected chi connectivity index (χ1v) is 4.98. The summed E-state index contributed by atoms with van der Waals surface area (Å²) >= 11 is 0. The summed E-state index contributed by atoms with van der Waals surface area (Å²) in [5, 5.41) is 2.93. The van der Waals surface area contributed by atoms with E-state index in [1.54, 1.807) is 14.0 Å². The highest BCUT2D eigenvalue weighted by Gasteiger charge is 2.49. The summed E-state index contributed by atoms with van der Waals surface area (Å²) in [5.74, 6) is -0.0855. The van der Waals surface area contributed by atoms with E-state index in [1.807, 2.05) is 0 Å². The Bertz CT molecular complexity index is 226. The number of carbonyl (C=O) groups is 1. The largest absolute Gasteiger partial charge is 0.381 e. The standard InChI is InChI=1S/C10H20N2O2/c1-6(11)9(13)12-7-5-8(14-4)10(7,2)3/h6-8H,5,11H2,1-4H3,(H,12,13)/t6-,7?,8?/m1/s1. The highest BCUT2D eigenvalue weighted by molar-refractivity contribution is 5.81. The number of rotatable bonds is 3. The van der Waals surface area contributed by atoms with Gasteiger partial charge in [-0.25, -0.2) is 0 Å². The molecule has 82 valence electrons. The lowest BCUT2D eigenvalue weighted by Crippen LogP contribution is -2.63. The monoisotopic (exact) mass is 200 g/mol. The quantitative estimate of drug-likeness (QED) is 0.687. The highest BCUT2D eigenvalue weighted by atomic mass is 16.5. The van der Waals surface area contributed by atoms with Gasteiger partial charge in [-0.15, -0.1) is 0 Å². The molecule has 2 unspecified atom stereocenters. The molecule has 0 radical (unpaired) electrons. The van der Waals surface area contributed by atoms with Crippen molar-refractivity contribution >= 4 is 5.91 Å². The van der Waals surface area contributed by atoms with Crippen LogP contribution in [-0.4, -0.2) is 31.2 Å². The van der Waals surface area contributed by atoms with E-state index in [0.29, 0.717) is 0 Å². The van der Waals surface area contributed by atoms with E-state index in [-0.39, 0.29) is 23.5 Å². The van der Waals surface area contributed by atoms with Crippen LogP contribution in [0.15, 0.2) is 0 Å². The van der Waals surface area contributed by atoms with Gasteiger partial charge in [0.15, 0.2) is 0 Å². The summed E-state index contributed by atoms with van der Waals surface area (Å²) < 4.78 is 5.29. The number of amides is 1. The first kappa shape index (κ1) is 11.5. The zero-order valence-electron chi connectivity index (χ0n) is 9.33. The number of hydrogen-bond donors (Lipinski definition) is 2. The van der Waals surface area contributed by atoms with Crippen LogP contribution < -0.4 is 11.1 Å². The normalized spacial score (nSPS) is 31.8. The summed E-state index contributed by atoms with van der Waals surface area (Å²) in [6.07, 6.45) is 1.11. The highest BCUT2D eigenvalue weighted by Crippen LogP contribution is 2.42. The van der Waals surface area contributed by atoms with Gasteiger partial charge in [0.2, 0.25) is 5.91 Å². The minimum atomic E-state index is -0.438. The van der Waals surface area contributed by atoms with E-state index in [0.717, 1.165) is 6.42 Å². The van der Waals surface area contributed by atoms with Gasteiger partial charge < -0.3 is 15.8 Å². The number of ether oxygens (including phenoxy) is 1. The van der Waals surface area contributed by atoms with Crippen LogP contribution in [-0.2, 0) is 9.53 Å². The third-order valence-corrected chi connectivity index (χ3v) is 3.19. The Hall–Kier alpha value is -0.610. The Morgan fingerprint density at radius 2 is 2.21 bits per heavy atom. The number of methoxy groups -OCH3 is 1. The fraction of sp³-hybridized carbons (Fsp3) is 0.900. The molecule has 3 atom stereocenters. The maximum atomic E-state index is 11.4. The average molecular weight is 200 g/mol. The van der Waals surface area contributed by atoms with Crippen molar-refractivity contribution in [3.63, 3.8) is 0 Å². The Labute approximate surface area is 85.2 Å². The second kappa shape index (κ2) is 3.87. The lowest BCUT2D eigenvalue weighted by atomic mass is 9.64. The molecule has 14 heavy (non-hydrogen) atoms. The van der Waals surface area contributed by atoms with Crippen LogP contribution in [0.1, 0.15) is 27.2 Å². The van der Waals surface area contributed by atoms with Crippen LogP contribution in [0, 0.1) is 5.41 Å². The maximum absolute atomic E-state index is 11.4. The lowest BCUT2D eigenvalue weighted by molar-refractivity contribution is -0.133. The molecule has 0 aromatic rings. The van der Waals surface area contributed by atoms with E-state index < -0.39 is 6.04 Å². The SMILES string of the molecule is COC1CC(NC(=O)[C@@H](C)N)C1(C)C. The van der Waals surface area contributed by atoms with Gasteiger partial charge in [-0.3, -0.25) is 4.79 Å². The van der Waals surface area contributed by atoms with Crippen molar-refractivity contribution in [1.82, 2.24) is 5.32 Å². The molecular weight excluding hydrogens is 180 g/mol. The van der Waals surface area contributed by atoms with E-state index in [2.05, 4.69) is 19.2 Å². The fourth-order valence-corrected chi connectivity index (χ4v) is 1.83. The summed E-state index contributed by atoms with van der Waals surface area (Å²) in [6, 6.07) is -0.252. The Balaban J connectivity index is 2.47. The van der Waals surface area contributed by atoms with Crippen LogP contribution in [0.4, 0.5) is 0 Å². The molecule has 0 bridgehead atoms. The van der Waals surface area contributed by atoms with E-state index in [9.17, 15) is 4.79 Å². The van der Waals surface area contributed by atoms with Gasteiger partial charge in [0, 0.05) is 18.6 Å². The van der Waals surface area contributed by atoms with Crippen LogP contribution in [0.2, 0.25) is 0 Å². The molecule has 0 aromatic carbocycles. The van der Waals surface area contributed by atoms with E-state index in [4.69, 9.17) is 10.5 Å². The molecule has 3 N–H and O–H groups in total. The number of nitrogens with two attached hydrogens (primary N) is 1.